The van der Waals surface area contributed by atoms with Crippen LogP contribution in [0.3, 0.4) is 0 Å². The van der Waals surface area contributed by atoms with Crippen LogP contribution >= 0.6 is 23.2 Å². The zero-order valence-corrected chi connectivity index (χ0v) is 16.8. The monoisotopic (exact) mass is 419 g/mol. The molecule has 1 amide bonds. The average molecular weight is 420 g/mol. The minimum Gasteiger partial charge on any atom is -0.494 e. The highest BCUT2D eigenvalue weighted by molar-refractivity contribution is 6.42. The summed E-state index contributed by atoms with van der Waals surface area (Å²) in [7, 11) is 1.58. The van der Waals surface area contributed by atoms with E-state index in [1.54, 1.807) is 36.9 Å². The van der Waals surface area contributed by atoms with E-state index >= 15 is 0 Å². The molecule has 1 aromatic heterocycles. The van der Waals surface area contributed by atoms with Gasteiger partial charge in [-0.15, -0.1) is 0 Å². The third kappa shape index (κ3) is 3.85. The van der Waals surface area contributed by atoms with E-state index in [9.17, 15) is 9.90 Å². The van der Waals surface area contributed by atoms with Gasteiger partial charge < -0.3 is 15.2 Å². The number of para-hydroxylation sites is 2. The quantitative estimate of drug-likeness (QED) is 0.633. The molecule has 3 aromatic rings. The summed E-state index contributed by atoms with van der Waals surface area (Å²) in [4.78, 5) is 12.8. The molecule has 6 nitrogen and oxygen atoms in total. The van der Waals surface area contributed by atoms with Gasteiger partial charge in [0, 0.05) is 0 Å². The predicted molar refractivity (Wildman–Crippen MR) is 109 cm³/mol. The maximum atomic E-state index is 12.8. The summed E-state index contributed by atoms with van der Waals surface area (Å²) in [5.41, 5.74) is 2.27. The predicted octanol–water partition coefficient (Wildman–Crippen LogP) is 3.96. The van der Waals surface area contributed by atoms with Crippen molar-refractivity contribution in [2.24, 2.45) is 0 Å². The number of halogens is 2. The molecule has 28 heavy (non-hydrogen) atoms. The van der Waals surface area contributed by atoms with Crippen LogP contribution in [0.2, 0.25) is 10.0 Å². The van der Waals surface area contributed by atoms with Gasteiger partial charge in [0.2, 0.25) is 0 Å². The number of rotatable bonds is 6. The minimum atomic E-state index is -0.701. The zero-order chi connectivity index (χ0) is 20.3. The molecule has 0 spiro atoms. The standard InChI is InChI=1S/C20H19Cl2N3O3/c1-12-14(10-23-25(12)17-8-3-4-9-18(17)28-2)20(27)24-16(11-26)13-6-5-7-15(21)19(13)22/h3-10,16,26H,11H2,1-2H3,(H,24,27). The van der Waals surface area contributed by atoms with Crippen LogP contribution in [0.1, 0.15) is 27.7 Å². The number of nitrogens with zero attached hydrogens (tertiary/aromatic N) is 2. The van der Waals surface area contributed by atoms with Crippen LogP contribution in [0.25, 0.3) is 5.69 Å². The highest BCUT2D eigenvalue weighted by Gasteiger charge is 2.22. The Morgan fingerprint density at radius 3 is 2.71 bits per heavy atom. The largest absolute Gasteiger partial charge is 0.494 e. The number of carbonyl (C=O) groups excluding carboxylic acids is 1. The smallest absolute Gasteiger partial charge is 0.255 e. The van der Waals surface area contributed by atoms with Crippen molar-refractivity contribution in [3.05, 3.63) is 75.5 Å². The second kappa shape index (κ2) is 8.65. The second-order valence-corrected chi connectivity index (χ2v) is 6.86. The Bertz CT molecular complexity index is 1000. The number of aliphatic hydroxyl groups excluding tert-OH is 1. The zero-order valence-electron chi connectivity index (χ0n) is 15.3. The maximum absolute atomic E-state index is 12.8. The lowest BCUT2D eigenvalue weighted by atomic mass is 10.1. The van der Waals surface area contributed by atoms with Crippen LogP contribution in [0, 0.1) is 6.92 Å². The number of carbonyl (C=O) groups is 1. The maximum Gasteiger partial charge on any atom is 0.255 e. The molecule has 0 saturated carbocycles. The first-order valence-electron chi connectivity index (χ1n) is 8.51. The van der Waals surface area contributed by atoms with Crippen molar-refractivity contribution < 1.29 is 14.6 Å². The van der Waals surface area contributed by atoms with Crippen molar-refractivity contribution in [2.45, 2.75) is 13.0 Å². The molecule has 0 aliphatic rings. The van der Waals surface area contributed by atoms with E-state index in [0.717, 1.165) is 5.69 Å². The third-order valence-electron chi connectivity index (χ3n) is 4.41. The molecule has 1 atom stereocenters. The van der Waals surface area contributed by atoms with Gasteiger partial charge in [-0.2, -0.15) is 5.10 Å². The summed E-state index contributed by atoms with van der Waals surface area (Å²) in [6.07, 6.45) is 1.48. The fraction of sp³-hybridized carbons (Fsp3) is 0.200. The number of methoxy groups -OCH3 is 1. The molecular formula is C20H19Cl2N3O3. The second-order valence-electron chi connectivity index (χ2n) is 6.08. The Morgan fingerprint density at radius 1 is 1.25 bits per heavy atom. The van der Waals surface area contributed by atoms with Crippen LogP contribution in [-0.2, 0) is 0 Å². The van der Waals surface area contributed by atoms with E-state index in [1.807, 2.05) is 24.3 Å². The van der Waals surface area contributed by atoms with E-state index in [1.165, 1.54) is 6.20 Å². The van der Waals surface area contributed by atoms with Crippen LogP contribution in [0.4, 0.5) is 0 Å². The molecule has 0 bridgehead atoms. The highest BCUT2D eigenvalue weighted by Crippen LogP contribution is 2.30. The van der Waals surface area contributed by atoms with E-state index in [4.69, 9.17) is 27.9 Å². The number of ether oxygens (including phenoxy) is 1. The fourth-order valence-electron chi connectivity index (χ4n) is 2.93. The fourth-order valence-corrected chi connectivity index (χ4v) is 3.37. The van der Waals surface area contributed by atoms with E-state index < -0.39 is 6.04 Å². The van der Waals surface area contributed by atoms with Gasteiger partial charge in [-0.3, -0.25) is 4.79 Å². The van der Waals surface area contributed by atoms with Gasteiger partial charge in [0.25, 0.3) is 5.91 Å². The molecule has 8 heteroatoms. The van der Waals surface area contributed by atoms with Gasteiger partial charge in [-0.25, -0.2) is 4.68 Å². The molecular weight excluding hydrogens is 401 g/mol. The van der Waals surface area contributed by atoms with Gasteiger partial charge >= 0.3 is 0 Å². The SMILES string of the molecule is COc1ccccc1-n1ncc(C(=O)NC(CO)c2cccc(Cl)c2Cl)c1C. The number of aromatic nitrogens is 2. The van der Waals surface area contributed by atoms with Crippen molar-refractivity contribution in [2.75, 3.05) is 13.7 Å². The number of benzene rings is 2. The van der Waals surface area contributed by atoms with Gasteiger partial charge in [-0.1, -0.05) is 47.5 Å². The van der Waals surface area contributed by atoms with Crippen LogP contribution in [0.15, 0.2) is 48.7 Å². The van der Waals surface area contributed by atoms with E-state index in [0.29, 0.717) is 32.6 Å². The van der Waals surface area contributed by atoms with Crippen LogP contribution < -0.4 is 10.1 Å². The summed E-state index contributed by atoms with van der Waals surface area (Å²) in [5.74, 6) is 0.258. The van der Waals surface area contributed by atoms with Crippen molar-refractivity contribution in [1.29, 1.82) is 0 Å². The highest BCUT2D eigenvalue weighted by atomic mass is 35.5. The van der Waals surface area contributed by atoms with E-state index in [-0.39, 0.29) is 12.5 Å². The van der Waals surface area contributed by atoms with Crippen LogP contribution in [-0.4, -0.2) is 34.5 Å². The Hall–Kier alpha value is -2.54. The summed E-state index contributed by atoms with van der Waals surface area (Å²) < 4.78 is 7.00. The molecule has 2 aromatic carbocycles. The number of hydrogen-bond donors (Lipinski definition) is 2. The van der Waals surface area contributed by atoms with Crippen molar-refractivity contribution >= 4 is 29.1 Å². The van der Waals surface area contributed by atoms with Crippen molar-refractivity contribution in [1.82, 2.24) is 15.1 Å². The lowest BCUT2D eigenvalue weighted by Crippen LogP contribution is -2.31. The Morgan fingerprint density at radius 2 is 2.00 bits per heavy atom. The van der Waals surface area contributed by atoms with Crippen molar-refractivity contribution in [3.8, 4) is 11.4 Å². The number of hydrogen-bond acceptors (Lipinski definition) is 4. The van der Waals surface area contributed by atoms with Crippen molar-refractivity contribution in [3.63, 3.8) is 0 Å². The van der Waals surface area contributed by atoms with Gasteiger partial charge in [-0.05, 0) is 30.7 Å². The summed E-state index contributed by atoms with van der Waals surface area (Å²) >= 11 is 12.3. The molecule has 2 N–H and O–H groups in total. The average Bonchev–Trinajstić information content (AvgIpc) is 3.09. The summed E-state index contributed by atoms with van der Waals surface area (Å²) in [5, 5.41) is 17.5. The topological polar surface area (TPSA) is 76.4 Å². The first-order valence-corrected chi connectivity index (χ1v) is 9.27. The molecule has 0 fully saturated rings. The van der Waals surface area contributed by atoms with Crippen LogP contribution in [0.5, 0.6) is 5.75 Å². The molecule has 1 heterocycles. The molecule has 1 unspecified atom stereocenters. The Labute approximate surface area is 172 Å². The minimum absolute atomic E-state index is 0.296. The normalized spacial score (nSPS) is 11.9. The third-order valence-corrected chi connectivity index (χ3v) is 5.25. The van der Waals surface area contributed by atoms with Gasteiger partial charge in [0.1, 0.15) is 11.4 Å². The molecule has 3 rings (SSSR count). The summed E-state index contributed by atoms with van der Waals surface area (Å²) in [6, 6.07) is 11.8. The first kappa shape index (κ1) is 20.2. The lowest BCUT2D eigenvalue weighted by molar-refractivity contribution is 0.0915. The number of aliphatic hydroxyl groups is 1. The first-order chi connectivity index (χ1) is 13.5. The molecule has 0 aliphatic carbocycles. The molecule has 146 valence electrons. The molecule has 0 radical (unpaired) electrons. The van der Waals surface area contributed by atoms with Gasteiger partial charge in [0.15, 0.2) is 0 Å². The molecule has 0 saturated heterocycles. The van der Waals surface area contributed by atoms with E-state index in [2.05, 4.69) is 10.4 Å². The van der Waals surface area contributed by atoms with Gasteiger partial charge in [0.05, 0.1) is 47.3 Å². The number of amides is 1. The summed E-state index contributed by atoms with van der Waals surface area (Å²) in [6.45, 7) is 1.46. The number of nitrogens with one attached hydrogen (secondary N) is 1. The Balaban J connectivity index is 1.89. The lowest BCUT2D eigenvalue weighted by Gasteiger charge is -2.18. The Kier molecular flexibility index (Phi) is 6.24. The molecule has 0 aliphatic heterocycles.